The molecule has 1 N–H and O–H groups in total. The van der Waals surface area contributed by atoms with E-state index in [0.717, 1.165) is 27.7 Å². The van der Waals surface area contributed by atoms with Crippen molar-refractivity contribution in [2.75, 3.05) is 5.32 Å². The summed E-state index contributed by atoms with van der Waals surface area (Å²) in [5.41, 5.74) is 4.35. The predicted octanol–water partition coefficient (Wildman–Crippen LogP) is 7.58. The van der Waals surface area contributed by atoms with Gasteiger partial charge in [-0.3, -0.25) is 10.1 Å². The number of rotatable bonds is 4. The Bertz CT molecular complexity index is 1450. The molecule has 0 aliphatic carbocycles. The number of aromatic nitrogens is 2. The normalized spacial score (nSPS) is 10.9. The SMILES string of the molecule is O=C(Nc1nc(-c2ccc(Cl)cc2)cs1)c1cc(-c2ccccc2Cl)nc2ccccc12. The maximum atomic E-state index is 13.3. The Morgan fingerprint density at radius 2 is 1.59 bits per heavy atom. The van der Waals surface area contributed by atoms with Crippen molar-refractivity contribution in [3.8, 4) is 22.5 Å². The number of hydrogen-bond acceptors (Lipinski definition) is 4. The summed E-state index contributed by atoms with van der Waals surface area (Å²) < 4.78 is 0. The van der Waals surface area contributed by atoms with E-state index in [1.165, 1.54) is 11.3 Å². The minimum Gasteiger partial charge on any atom is -0.298 e. The topological polar surface area (TPSA) is 54.9 Å². The molecule has 5 rings (SSSR count). The molecule has 32 heavy (non-hydrogen) atoms. The number of thiazole rings is 1. The molecule has 0 aliphatic rings. The quantitative estimate of drug-likeness (QED) is 0.291. The Kier molecular flexibility index (Phi) is 5.62. The number of anilines is 1. The minimum absolute atomic E-state index is 0.256. The molecular weight excluding hydrogens is 461 g/mol. The zero-order chi connectivity index (χ0) is 22.1. The van der Waals surface area contributed by atoms with Crippen molar-refractivity contribution in [3.63, 3.8) is 0 Å². The van der Waals surface area contributed by atoms with E-state index < -0.39 is 0 Å². The largest absolute Gasteiger partial charge is 0.298 e. The van der Waals surface area contributed by atoms with Crippen LogP contribution in [-0.4, -0.2) is 15.9 Å². The minimum atomic E-state index is -0.256. The number of halogens is 2. The molecule has 2 heterocycles. The highest BCUT2D eigenvalue weighted by Gasteiger charge is 2.16. The first kappa shape index (κ1) is 20.6. The first-order valence-corrected chi connectivity index (χ1v) is 11.4. The lowest BCUT2D eigenvalue weighted by molar-refractivity contribution is 0.102. The van der Waals surface area contributed by atoms with Crippen molar-refractivity contribution < 1.29 is 4.79 Å². The van der Waals surface area contributed by atoms with Crippen LogP contribution in [0.1, 0.15) is 10.4 Å². The van der Waals surface area contributed by atoms with Gasteiger partial charge in [0.2, 0.25) is 0 Å². The fourth-order valence-corrected chi connectivity index (χ4v) is 4.49. The monoisotopic (exact) mass is 475 g/mol. The van der Waals surface area contributed by atoms with Gasteiger partial charge in [-0.15, -0.1) is 11.3 Å². The fraction of sp³-hybridized carbons (Fsp3) is 0. The molecule has 5 aromatic rings. The van der Waals surface area contributed by atoms with E-state index in [1.807, 2.05) is 72.1 Å². The van der Waals surface area contributed by atoms with Crippen molar-refractivity contribution in [1.82, 2.24) is 9.97 Å². The molecule has 0 atom stereocenters. The third kappa shape index (κ3) is 4.10. The van der Waals surface area contributed by atoms with Gasteiger partial charge in [-0.1, -0.05) is 71.7 Å². The number of amides is 1. The number of nitrogens with one attached hydrogen (secondary N) is 1. The molecule has 0 bridgehead atoms. The summed E-state index contributed by atoms with van der Waals surface area (Å²) in [4.78, 5) is 22.5. The van der Waals surface area contributed by atoms with Crippen LogP contribution in [0.2, 0.25) is 10.0 Å². The summed E-state index contributed by atoms with van der Waals surface area (Å²) in [7, 11) is 0. The zero-order valence-electron chi connectivity index (χ0n) is 16.5. The van der Waals surface area contributed by atoms with Gasteiger partial charge in [0, 0.05) is 31.9 Å². The van der Waals surface area contributed by atoms with Crippen LogP contribution in [0.4, 0.5) is 5.13 Å². The number of nitrogens with zero attached hydrogens (tertiary/aromatic N) is 2. The van der Waals surface area contributed by atoms with Crippen LogP contribution >= 0.6 is 34.5 Å². The summed E-state index contributed by atoms with van der Waals surface area (Å²) in [6.07, 6.45) is 0. The van der Waals surface area contributed by atoms with Gasteiger partial charge in [0.25, 0.3) is 5.91 Å². The molecule has 1 amide bonds. The molecule has 0 spiro atoms. The maximum absolute atomic E-state index is 13.3. The van der Waals surface area contributed by atoms with Crippen molar-refractivity contribution in [2.24, 2.45) is 0 Å². The summed E-state index contributed by atoms with van der Waals surface area (Å²) >= 11 is 13.7. The third-order valence-electron chi connectivity index (χ3n) is 4.98. The van der Waals surface area contributed by atoms with Crippen molar-refractivity contribution >= 4 is 56.5 Å². The number of carbonyl (C=O) groups is 1. The van der Waals surface area contributed by atoms with E-state index in [4.69, 9.17) is 28.2 Å². The van der Waals surface area contributed by atoms with E-state index in [1.54, 1.807) is 12.1 Å². The van der Waals surface area contributed by atoms with E-state index in [0.29, 0.717) is 26.4 Å². The van der Waals surface area contributed by atoms with Crippen LogP contribution in [0.3, 0.4) is 0 Å². The average molecular weight is 476 g/mol. The Labute approximate surface area is 198 Å². The third-order valence-corrected chi connectivity index (χ3v) is 6.31. The molecule has 3 aromatic carbocycles. The zero-order valence-corrected chi connectivity index (χ0v) is 18.9. The van der Waals surface area contributed by atoms with Crippen LogP contribution in [0.5, 0.6) is 0 Å². The summed E-state index contributed by atoms with van der Waals surface area (Å²) in [5.74, 6) is -0.256. The Hall–Kier alpha value is -3.25. The van der Waals surface area contributed by atoms with Crippen LogP contribution in [-0.2, 0) is 0 Å². The smallest absolute Gasteiger partial charge is 0.258 e. The molecule has 7 heteroatoms. The number of pyridine rings is 1. The molecule has 4 nitrogen and oxygen atoms in total. The lowest BCUT2D eigenvalue weighted by atomic mass is 10.0. The predicted molar refractivity (Wildman–Crippen MR) is 133 cm³/mol. The Morgan fingerprint density at radius 1 is 0.844 bits per heavy atom. The van der Waals surface area contributed by atoms with E-state index in [-0.39, 0.29) is 5.91 Å². The lowest BCUT2D eigenvalue weighted by Gasteiger charge is -2.10. The van der Waals surface area contributed by atoms with Gasteiger partial charge in [-0.2, -0.15) is 0 Å². The summed E-state index contributed by atoms with van der Waals surface area (Å²) in [6, 6.07) is 24.2. The first-order valence-electron chi connectivity index (χ1n) is 9.76. The van der Waals surface area contributed by atoms with E-state index >= 15 is 0 Å². The fourth-order valence-electron chi connectivity index (χ4n) is 3.42. The lowest BCUT2D eigenvalue weighted by Crippen LogP contribution is -2.13. The van der Waals surface area contributed by atoms with Crippen LogP contribution in [0, 0.1) is 0 Å². The summed E-state index contributed by atoms with van der Waals surface area (Å²) in [5, 5.41) is 7.34. The standard InChI is InChI=1S/C25H15Cl2N3OS/c26-16-11-9-15(10-12-16)23-14-32-25(29-23)30-24(31)19-13-22(18-6-1-3-7-20(18)27)28-21-8-4-2-5-17(19)21/h1-14H,(H,29,30,31). The highest BCUT2D eigenvalue weighted by atomic mass is 35.5. The highest BCUT2D eigenvalue weighted by Crippen LogP contribution is 2.31. The van der Waals surface area contributed by atoms with Gasteiger partial charge in [-0.05, 0) is 30.3 Å². The molecule has 0 unspecified atom stereocenters. The molecular formula is C25H15Cl2N3OS. The Morgan fingerprint density at radius 3 is 2.41 bits per heavy atom. The van der Waals surface area contributed by atoms with E-state index in [2.05, 4.69) is 10.3 Å². The molecule has 0 fully saturated rings. The van der Waals surface area contributed by atoms with Gasteiger partial charge in [0.15, 0.2) is 5.13 Å². The van der Waals surface area contributed by atoms with Gasteiger partial charge in [-0.25, -0.2) is 9.97 Å². The van der Waals surface area contributed by atoms with Crippen molar-refractivity contribution in [3.05, 3.63) is 99.9 Å². The number of carbonyl (C=O) groups excluding carboxylic acids is 1. The van der Waals surface area contributed by atoms with Crippen LogP contribution in [0.15, 0.2) is 84.2 Å². The van der Waals surface area contributed by atoms with Gasteiger partial charge < -0.3 is 0 Å². The second kappa shape index (κ2) is 8.71. The van der Waals surface area contributed by atoms with Crippen LogP contribution < -0.4 is 5.32 Å². The Balaban J connectivity index is 1.51. The second-order valence-electron chi connectivity index (χ2n) is 7.05. The van der Waals surface area contributed by atoms with Crippen molar-refractivity contribution in [1.29, 1.82) is 0 Å². The van der Waals surface area contributed by atoms with E-state index in [9.17, 15) is 4.79 Å². The number of para-hydroxylation sites is 1. The molecule has 0 saturated heterocycles. The molecule has 0 aliphatic heterocycles. The molecule has 0 radical (unpaired) electrons. The van der Waals surface area contributed by atoms with Gasteiger partial charge >= 0.3 is 0 Å². The first-order chi connectivity index (χ1) is 15.6. The molecule has 0 saturated carbocycles. The number of benzene rings is 3. The molecule has 2 aromatic heterocycles. The average Bonchev–Trinajstić information content (AvgIpc) is 3.27. The van der Waals surface area contributed by atoms with Crippen molar-refractivity contribution in [2.45, 2.75) is 0 Å². The second-order valence-corrected chi connectivity index (χ2v) is 8.75. The maximum Gasteiger partial charge on any atom is 0.258 e. The number of fused-ring (bicyclic) bond motifs is 1. The number of hydrogen-bond donors (Lipinski definition) is 1. The summed E-state index contributed by atoms with van der Waals surface area (Å²) in [6.45, 7) is 0. The molecule has 156 valence electrons. The van der Waals surface area contributed by atoms with Gasteiger partial charge in [0.1, 0.15) is 0 Å². The van der Waals surface area contributed by atoms with Gasteiger partial charge in [0.05, 0.1) is 22.5 Å². The highest BCUT2D eigenvalue weighted by molar-refractivity contribution is 7.14. The van der Waals surface area contributed by atoms with Crippen LogP contribution in [0.25, 0.3) is 33.4 Å².